The lowest BCUT2D eigenvalue weighted by Crippen LogP contribution is -2.54. The highest BCUT2D eigenvalue weighted by Crippen LogP contribution is 2.30. The lowest BCUT2D eigenvalue weighted by atomic mass is 10.0. The van der Waals surface area contributed by atoms with E-state index in [1.165, 1.54) is 0 Å². The zero-order valence-corrected chi connectivity index (χ0v) is 20.8. The summed E-state index contributed by atoms with van der Waals surface area (Å²) in [5, 5.41) is 4.72. The number of aryl methyl sites for hydroxylation is 2. The van der Waals surface area contributed by atoms with Gasteiger partial charge in [-0.1, -0.05) is 12.2 Å². The van der Waals surface area contributed by atoms with Crippen molar-refractivity contribution in [2.45, 2.75) is 46.7 Å². The van der Waals surface area contributed by atoms with Gasteiger partial charge in [-0.15, -0.1) is 0 Å². The van der Waals surface area contributed by atoms with E-state index in [1.807, 2.05) is 55.1 Å². The number of hydrogen-bond acceptors (Lipinski definition) is 5. The van der Waals surface area contributed by atoms with Gasteiger partial charge in [0.1, 0.15) is 0 Å². The second-order valence-electron chi connectivity index (χ2n) is 9.70. The number of allylic oxidation sites excluding steroid dienone is 6. The maximum atomic E-state index is 13.5. The third-order valence-electron chi connectivity index (χ3n) is 7.12. The van der Waals surface area contributed by atoms with E-state index in [2.05, 4.69) is 48.7 Å². The molecule has 5 heterocycles. The topological polar surface area (TPSA) is 57.0 Å². The van der Waals surface area contributed by atoms with E-state index in [-0.39, 0.29) is 5.91 Å². The van der Waals surface area contributed by atoms with Crippen LogP contribution >= 0.6 is 0 Å². The molecule has 0 unspecified atom stereocenters. The summed E-state index contributed by atoms with van der Waals surface area (Å²) < 4.78 is 1.84. The Morgan fingerprint density at radius 2 is 1.79 bits per heavy atom. The number of carbonyl (C=O) groups is 1. The van der Waals surface area contributed by atoms with Crippen LogP contribution in [0.3, 0.4) is 0 Å². The summed E-state index contributed by atoms with van der Waals surface area (Å²) in [7, 11) is 2.18. The third kappa shape index (κ3) is 3.90. The number of likely N-dealkylation sites (N-methyl/N-ethyl adjacent to an activating group) is 1. The quantitative estimate of drug-likeness (QED) is 0.687. The largest absolute Gasteiger partial charge is 0.367 e. The minimum absolute atomic E-state index is 0.0751. The van der Waals surface area contributed by atoms with Gasteiger partial charge in [0, 0.05) is 43.0 Å². The summed E-state index contributed by atoms with van der Waals surface area (Å²) in [5.41, 5.74) is 7.38. The molecule has 7 nitrogen and oxygen atoms in total. The lowest BCUT2D eigenvalue weighted by Gasteiger charge is -2.45. The normalized spacial score (nSPS) is 27.8. The van der Waals surface area contributed by atoms with Crippen molar-refractivity contribution in [2.24, 2.45) is 0 Å². The van der Waals surface area contributed by atoms with Gasteiger partial charge in [-0.25, -0.2) is 4.52 Å². The van der Waals surface area contributed by atoms with E-state index in [1.54, 1.807) is 11.0 Å². The summed E-state index contributed by atoms with van der Waals surface area (Å²) in [6.45, 7) is 12.4. The van der Waals surface area contributed by atoms with Crippen molar-refractivity contribution in [3.05, 3.63) is 82.9 Å². The van der Waals surface area contributed by atoms with Crippen LogP contribution < -0.4 is 0 Å². The average Bonchev–Trinajstić information content (AvgIpc) is 3.20. The summed E-state index contributed by atoms with van der Waals surface area (Å²) in [5.74, 6) is -0.0751. The number of hydrogen-bond donors (Lipinski definition) is 0. The number of nitrogens with zero attached hydrogens (tertiary/aromatic N) is 6. The Morgan fingerprint density at radius 1 is 1.06 bits per heavy atom. The molecule has 176 valence electrons. The molecule has 0 aromatic carbocycles. The first-order valence-electron chi connectivity index (χ1n) is 11.9. The third-order valence-corrected chi connectivity index (χ3v) is 7.12. The van der Waals surface area contributed by atoms with Gasteiger partial charge < -0.3 is 4.90 Å². The molecule has 0 radical (unpaired) electrons. The zero-order valence-electron chi connectivity index (χ0n) is 20.8. The van der Waals surface area contributed by atoms with Crippen LogP contribution in [0.2, 0.25) is 0 Å². The molecule has 2 atom stereocenters. The number of aromatic nitrogens is 3. The maximum absolute atomic E-state index is 13.5. The average molecular weight is 457 g/mol. The number of carbonyl (C=O) groups excluding carboxylic acids is 1. The molecule has 3 aliphatic heterocycles. The Kier molecular flexibility index (Phi) is 5.52. The number of rotatable bonds is 2. The van der Waals surface area contributed by atoms with Gasteiger partial charge in [-0.2, -0.15) is 5.10 Å². The van der Waals surface area contributed by atoms with E-state index in [9.17, 15) is 4.79 Å². The SMILES string of the molecule is CC1=CC(N2C[C@@H](C)N(C)[C@@H](C)C2)=CN2C(=O)\C=C(c3cc4c(C)nc(C)cn4n3)/C=C/C=C\12. The molecule has 34 heavy (non-hydrogen) atoms. The number of amides is 1. The van der Waals surface area contributed by atoms with Crippen LogP contribution in [0.5, 0.6) is 0 Å². The first kappa shape index (κ1) is 22.3. The molecule has 0 spiro atoms. The molecule has 2 aromatic rings. The minimum atomic E-state index is -0.0751. The fraction of sp³-hybridized carbons (Fsp3) is 0.370. The summed E-state index contributed by atoms with van der Waals surface area (Å²) >= 11 is 0. The molecular formula is C27H32N6O. The monoisotopic (exact) mass is 456 g/mol. The fourth-order valence-corrected chi connectivity index (χ4v) is 4.99. The second kappa shape index (κ2) is 8.40. The van der Waals surface area contributed by atoms with Crippen LogP contribution in [0.25, 0.3) is 11.1 Å². The van der Waals surface area contributed by atoms with Gasteiger partial charge >= 0.3 is 0 Å². The molecule has 1 fully saturated rings. The van der Waals surface area contributed by atoms with Crippen molar-refractivity contribution in [1.29, 1.82) is 0 Å². The number of piperazine rings is 1. The van der Waals surface area contributed by atoms with E-state index in [4.69, 9.17) is 5.10 Å². The molecule has 2 aromatic heterocycles. The van der Waals surface area contributed by atoms with Crippen molar-refractivity contribution in [3.8, 4) is 0 Å². The van der Waals surface area contributed by atoms with Crippen LogP contribution in [0.1, 0.15) is 37.9 Å². The van der Waals surface area contributed by atoms with E-state index < -0.39 is 0 Å². The fourth-order valence-electron chi connectivity index (χ4n) is 4.99. The van der Waals surface area contributed by atoms with E-state index in [0.717, 1.165) is 58.2 Å². The Labute approximate surface area is 201 Å². The first-order chi connectivity index (χ1) is 16.2. The summed E-state index contributed by atoms with van der Waals surface area (Å²) in [6.07, 6.45) is 13.7. The first-order valence-corrected chi connectivity index (χ1v) is 11.9. The standard InChI is InChI=1S/C27H32N6O/c1-17-10-23(31-14-19(3)30(6)20(4)15-31)16-32-25(17)9-7-8-22(11-27(32)34)24-12-26-21(5)28-18(2)13-33(26)29-24/h7-13,16,19-20H,14-15H2,1-6H3/b8-7+,22-11+,25-9+/t19-,20+. The molecule has 0 aliphatic carbocycles. The second-order valence-corrected chi connectivity index (χ2v) is 9.70. The van der Waals surface area contributed by atoms with Crippen LogP contribution in [-0.2, 0) is 4.79 Å². The van der Waals surface area contributed by atoms with Crippen LogP contribution in [0.4, 0.5) is 0 Å². The molecule has 1 amide bonds. The molecular weight excluding hydrogens is 424 g/mol. The van der Waals surface area contributed by atoms with Gasteiger partial charge in [0.15, 0.2) is 0 Å². The van der Waals surface area contributed by atoms with Crippen LogP contribution in [-0.4, -0.2) is 67.4 Å². The van der Waals surface area contributed by atoms with Gasteiger partial charge in [-0.05, 0) is 65.5 Å². The zero-order chi connectivity index (χ0) is 24.1. The Bertz CT molecular complexity index is 1310. The van der Waals surface area contributed by atoms with Gasteiger partial charge in [0.25, 0.3) is 5.91 Å². The molecule has 0 N–H and O–H groups in total. The highest BCUT2D eigenvalue weighted by Gasteiger charge is 2.30. The van der Waals surface area contributed by atoms with Crippen molar-refractivity contribution < 1.29 is 4.79 Å². The molecule has 5 rings (SSSR count). The Balaban J connectivity index is 1.50. The van der Waals surface area contributed by atoms with Crippen molar-refractivity contribution in [1.82, 2.24) is 29.3 Å². The van der Waals surface area contributed by atoms with Crippen LogP contribution in [0.15, 0.2) is 65.8 Å². The Morgan fingerprint density at radius 3 is 2.53 bits per heavy atom. The smallest absolute Gasteiger partial charge is 0.255 e. The molecule has 0 saturated carbocycles. The van der Waals surface area contributed by atoms with Crippen molar-refractivity contribution >= 4 is 17.0 Å². The highest BCUT2D eigenvalue weighted by atomic mass is 16.2. The lowest BCUT2D eigenvalue weighted by molar-refractivity contribution is -0.122. The van der Waals surface area contributed by atoms with E-state index >= 15 is 0 Å². The molecule has 3 aliphatic rings. The minimum Gasteiger partial charge on any atom is -0.367 e. The maximum Gasteiger partial charge on any atom is 0.255 e. The van der Waals surface area contributed by atoms with Gasteiger partial charge in [0.2, 0.25) is 0 Å². The van der Waals surface area contributed by atoms with Crippen LogP contribution in [0, 0.1) is 13.8 Å². The van der Waals surface area contributed by atoms with E-state index in [0.29, 0.717) is 12.1 Å². The summed E-state index contributed by atoms with van der Waals surface area (Å²) in [4.78, 5) is 24.6. The van der Waals surface area contributed by atoms with Crippen molar-refractivity contribution in [2.75, 3.05) is 20.1 Å². The summed E-state index contributed by atoms with van der Waals surface area (Å²) in [6, 6.07) is 2.89. The van der Waals surface area contributed by atoms with Crippen molar-refractivity contribution in [3.63, 3.8) is 0 Å². The van der Waals surface area contributed by atoms with Gasteiger partial charge in [0.05, 0.1) is 40.2 Å². The predicted octanol–water partition coefficient (Wildman–Crippen LogP) is 3.84. The molecule has 1 saturated heterocycles. The predicted molar refractivity (Wildman–Crippen MR) is 135 cm³/mol. The number of fused-ring (bicyclic) bond motifs is 2. The van der Waals surface area contributed by atoms with Gasteiger partial charge in [-0.3, -0.25) is 19.6 Å². The Hall–Kier alpha value is -3.45. The molecule has 7 heteroatoms. The highest BCUT2D eigenvalue weighted by molar-refractivity contribution is 5.99. The molecule has 0 bridgehead atoms.